The zero-order chi connectivity index (χ0) is 8.27. The molecule has 0 spiro atoms. The molecule has 0 aromatic heterocycles. The van der Waals surface area contributed by atoms with Gasteiger partial charge in [0, 0.05) is 6.07 Å². The first kappa shape index (κ1) is 7.85. The van der Waals surface area contributed by atoms with Crippen LogP contribution in [0.1, 0.15) is 6.92 Å². The van der Waals surface area contributed by atoms with Gasteiger partial charge in [0.15, 0.2) is 0 Å². The molecule has 2 N–H and O–H groups in total. The third kappa shape index (κ3) is 1.83. The predicted octanol–water partition coefficient (Wildman–Crippen LogP) is 1.81. The lowest BCUT2D eigenvalue weighted by molar-refractivity contribution is 0.340. The van der Waals surface area contributed by atoms with Crippen LogP contribution in [0.25, 0.3) is 0 Å². The van der Waals surface area contributed by atoms with E-state index in [2.05, 4.69) is 0 Å². The van der Waals surface area contributed by atoms with Crippen molar-refractivity contribution in [2.75, 3.05) is 12.3 Å². The van der Waals surface area contributed by atoms with E-state index in [1.807, 2.05) is 6.92 Å². The Balaban J connectivity index is 2.93. The summed E-state index contributed by atoms with van der Waals surface area (Å²) < 4.78 is 17.6. The van der Waals surface area contributed by atoms with Gasteiger partial charge in [0.1, 0.15) is 11.6 Å². The normalized spacial score (nSPS) is 9.64. The van der Waals surface area contributed by atoms with E-state index in [0.717, 1.165) is 0 Å². The number of nitrogens with two attached hydrogens (primary N) is 1. The van der Waals surface area contributed by atoms with Gasteiger partial charge in [-0.05, 0) is 19.1 Å². The zero-order valence-corrected chi connectivity index (χ0v) is 6.30. The molecule has 11 heavy (non-hydrogen) atoms. The Morgan fingerprint density at radius 3 is 2.91 bits per heavy atom. The molecule has 60 valence electrons. The van der Waals surface area contributed by atoms with Crippen LogP contribution < -0.4 is 10.5 Å². The van der Waals surface area contributed by atoms with Gasteiger partial charge in [-0.1, -0.05) is 0 Å². The molecule has 0 amide bonds. The average Bonchev–Trinajstić information content (AvgIpc) is 1.98. The monoisotopic (exact) mass is 155 g/mol. The lowest BCUT2D eigenvalue weighted by Crippen LogP contribution is -1.96. The van der Waals surface area contributed by atoms with Gasteiger partial charge in [-0.25, -0.2) is 4.39 Å². The van der Waals surface area contributed by atoms with Crippen LogP contribution in [0.15, 0.2) is 18.2 Å². The van der Waals surface area contributed by atoms with Crippen molar-refractivity contribution in [3.63, 3.8) is 0 Å². The first-order valence-electron chi connectivity index (χ1n) is 3.42. The van der Waals surface area contributed by atoms with Crippen molar-refractivity contribution in [1.29, 1.82) is 0 Å². The van der Waals surface area contributed by atoms with Crippen molar-refractivity contribution in [2.24, 2.45) is 0 Å². The predicted molar refractivity (Wildman–Crippen MR) is 42.0 cm³/mol. The molecular formula is C8H10FNO. The van der Waals surface area contributed by atoms with E-state index in [9.17, 15) is 4.39 Å². The average molecular weight is 155 g/mol. The summed E-state index contributed by atoms with van der Waals surface area (Å²) in [4.78, 5) is 0. The van der Waals surface area contributed by atoms with Crippen molar-refractivity contribution < 1.29 is 9.13 Å². The minimum atomic E-state index is -0.331. The van der Waals surface area contributed by atoms with E-state index in [0.29, 0.717) is 18.0 Å². The molecule has 0 aliphatic rings. The van der Waals surface area contributed by atoms with Crippen molar-refractivity contribution in [1.82, 2.24) is 0 Å². The van der Waals surface area contributed by atoms with Gasteiger partial charge < -0.3 is 10.5 Å². The molecule has 0 atom stereocenters. The smallest absolute Gasteiger partial charge is 0.145 e. The quantitative estimate of drug-likeness (QED) is 0.661. The van der Waals surface area contributed by atoms with Gasteiger partial charge >= 0.3 is 0 Å². The fourth-order valence-electron chi connectivity index (χ4n) is 0.789. The van der Waals surface area contributed by atoms with E-state index < -0.39 is 0 Å². The number of hydrogen-bond donors (Lipinski definition) is 1. The minimum absolute atomic E-state index is 0.331. The van der Waals surface area contributed by atoms with Crippen LogP contribution in [0, 0.1) is 5.82 Å². The van der Waals surface area contributed by atoms with Crippen LogP contribution in [0.4, 0.5) is 10.1 Å². The van der Waals surface area contributed by atoms with Gasteiger partial charge in [0.25, 0.3) is 0 Å². The summed E-state index contributed by atoms with van der Waals surface area (Å²) in [5.41, 5.74) is 5.95. The summed E-state index contributed by atoms with van der Waals surface area (Å²) in [6.07, 6.45) is 0. The summed E-state index contributed by atoms with van der Waals surface area (Å²) in [5, 5.41) is 0. The fourth-order valence-corrected chi connectivity index (χ4v) is 0.789. The molecule has 2 nitrogen and oxygen atoms in total. The number of ether oxygens (including phenoxy) is 1. The molecule has 0 aliphatic heterocycles. The van der Waals surface area contributed by atoms with Crippen LogP contribution in [0.5, 0.6) is 5.75 Å². The van der Waals surface area contributed by atoms with Crippen LogP contribution in [-0.2, 0) is 0 Å². The molecule has 1 aromatic carbocycles. The van der Waals surface area contributed by atoms with E-state index in [1.54, 1.807) is 0 Å². The van der Waals surface area contributed by atoms with Crippen molar-refractivity contribution in [3.05, 3.63) is 24.0 Å². The number of nitrogen functional groups attached to an aromatic ring is 1. The Kier molecular flexibility index (Phi) is 2.31. The summed E-state index contributed by atoms with van der Waals surface area (Å²) >= 11 is 0. The molecule has 3 heteroatoms. The second kappa shape index (κ2) is 3.23. The van der Waals surface area contributed by atoms with Crippen LogP contribution in [-0.4, -0.2) is 6.61 Å². The van der Waals surface area contributed by atoms with Crippen molar-refractivity contribution in [3.8, 4) is 5.75 Å². The standard InChI is InChI=1S/C8H10FNO/c1-2-11-8-5-6(9)3-4-7(8)10/h3-5H,2,10H2,1H3. The highest BCUT2D eigenvalue weighted by atomic mass is 19.1. The summed E-state index contributed by atoms with van der Waals surface area (Å²) in [6.45, 7) is 2.32. The number of benzene rings is 1. The van der Waals surface area contributed by atoms with Crippen LogP contribution >= 0.6 is 0 Å². The summed E-state index contributed by atoms with van der Waals surface area (Å²) in [5.74, 6) is 0.0788. The maximum absolute atomic E-state index is 12.5. The zero-order valence-electron chi connectivity index (χ0n) is 6.30. The Morgan fingerprint density at radius 2 is 2.27 bits per heavy atom. The third-order valence-electron chi connectivity index (χ3n) is 1.28. The Hall–Kier alpha value is -1.25. The number of anilines is 1. The highest BCUT2D eigenvalue weighted by molar-refractivity contribution is 5.52. The minimum Gasteiger partial charge on any atom is -0.492 e. The molecule has 0 saturated carbocycles. The van der Waals surface area contributed by atoms with Crippen molar-refractivity contribution in [2.45, 2.75) is 6.92 Å². The lowest BCUT2D eigenvalue weighted by Gasteiger charge is -2.05. The molecule has 0 aliphatic carbocycles. The maximum Gasteiger partial charge on any atom is 0.145 e. The molecule has 0 heterocycles. The molecule has 1 aromatic rings. The van der Waals surface area contributed by atoms with E-state index in [1.165, 1.54) is 18.2 Å². The van der Waals surface area contributed by atoms with Crippen molar-refractivity contribution >= 4 is 5.69 Å². The van der Waals surface area contributed by atoms with E-state index in [4.69, 9.17) is 10.5 Å². The topological polar surface area (TPSA) is 35.2 Å². The highest BCUT2D eigenvalue weighted by Gasteiger charge is 1.99. The van der Waals surface area contributed by atoms with Gasteiger partial charge in [0.2, 0.25) is 0 Å². The summed E-state index contributed by atoms with van der Waals surface area (Å²) in [6, 6.07) is 4.07. The molecule has 1 rings (SSSR count). The van der Waals surface area contributed by atoms with E-state index in [-0.39, 0.29) is 5.82 Å². The van der Waals surface area contributed by atoms with Crippen LogP contribution in [0.2, 0.25) is 0 Å². The first-order chi connectivity index (χ1) is 5.24. The number of rotatable bonds is 2. The number of hydrogen-bond acceptors (Lipinski definition) is 2. The molecule has 0 fully saturated rings. The Morgan fingerprint density at radius 1 is 1.55 bits per heavy atom. The molecule has 0 saturated heterocycles. The van der Waals surface area contributed by atoms with Gasteiger partial charge in [-0.15, -0.1) is 0 Å². The lowest BCUT2D eigenvalue weighted by atomic mass is 10.3. The number of halogens is 1. The molecule has 0 unspecified atom stereocenters. The maximum atomic E-state index is 12.5. The molecule has 0 bridgehead atoms. The summed E-state index contributed by atoms with van der Waals surface area (Å²) in [7, 11) is 0. The fraction of sp³-hybridized carbons (Fsp3) is 0.250. The Labute approximate surface area is 64.8 Å². The highest BCUT2D eigenvalue weighted by Crippen LogP contribution is 2.21. The van der Waals surface area contributed by atoms with Gasteiger partial charge in [0.05, 0.1) is 12.3 Å². The molecule has 0 radical (unpaired) electrons. The largest absolute Gasteiger partial charge is 0.492 e. The first-order valence-corrected chi connectivity index (χ1v) is 3.42. The van der Waals surface area contributed by atoms with Gasteiger partial charge in [-0.3, -0.25) is 0 Å². The second-order valence-corrected chi connectivity index (χ2v) is 2.12. The van der Waals surface area contributed by atoms with E-state index >= 15 is 0 Å². The third-order valence-corrected chi connectivity index (χ3v) is 1.28. The second-order valence-electron chi connectivity index (χ2n) is 2.12. The van der Waals surface area contributed by atoms with Crippen LogP contribution in [0.3, 0.4) is 0 Å². The SMILES string of the molecule is CCOc1cc(F)ccc1N. The molecular weight excluding hydrogens is 145 g/mol. The van der Waals surface area contributed by atoms with Gasteiger partial charge in [-0.2, -0.15) is 0 Å². The Bertz CT molecular complexity index is 250.